The summed E-state index contributed by atoms with van der Waals surface area (Å²) in [6.07, 6.45) is 3.43. The van der Waals surface area contributed by atoms with Crippen LogP contribution in [0.3, 0.4) is 0 Å². The molecule has 1 fully saturated rings. The fraction of sp³-hybridized carbons (Fsp3) is 0.435. The van der Waals surface area contributed by atoms with Crippen molar-refractivity contribution in [3.8, 4) is 0 Å². The predicted octanol–water partition coefficient (Wildman–Crippen LogP) is 3.34. The third kappa shape index (κ3) is 5.21. The van der Waals surface area contributed by atoms with Gasteiger partial charge in [-0.2, -0.15) is 0 Å². The minimum absolute atomic E-state index is 0.182. The van der Waals surface area contributed by atoms with Gasteiger partial charge < -0.3 is 10.2 Å². The van der Waals surface area contributed by atoms with Crippen LogP contribution in [0.2, 0.25) is 0 Å². The van der Waals surface area contributed by atoms with Crippen LogP contribution in [-0.2, 0) is 10.0 Å². The predicted molar refractivity (Wildman–Crippen MR) is 121 cm³/mol. The molecule has 1 aliphatic heterocycles. The largest absolute Gasteiger partial charge is 0.352 e. The molecule has 0 unspecified atom stereocenters. The molecule has 0 aliphatic carbocycles. The van der Waals surface area contributed by atoms with Gasteiger partial charge >= 0.3 is 0 Å². The number of hydrogen-bond acceptors (Lipinski definition) is 4. The second-order valence-electron chi connectivity index (χ2n) is 7.95. The van der Waals surface area contributed by atoms with Gasteiger partial charge in [-0.25, -0.2) is 8.42 Å². The normalized spacial score (nSPS) is 14.6. The molecule has 1 aliphatic rings. The van der Waals surface area contributed by atoms with Crippen LogP contribution in [0.15, 0.2) is 47.4 Å². The van der Waals surface area contributed by atoms with Crippen LogP contribution in [0.4, 0.5) is 5.69 Å². The first-order chi connectivity index (χ1) is 14.3. The molecule has 1 amide bonds. The van der Waals surface area contributed by atoms with Gasteiger partial charge in [0.1, 0.15) is 0 Å². The number of hydrogen-bond donors (Lipinski definition) is 1. The van der Waals surface area contributed by atoms with Crippen molar-refractivity contribution in [1.82, 2.24) is 10.2 Å². The number of anilines is 1. The number of sulfonamides is 1. The van der Waals surface area contributed by atoms with E-state index in [1.807, 2.05) is 13.8 Å². The van der Waals surface area contributed by atoms with E-state index in [0.29, 0.717) is 17.8 Å². The summed E-state index contributed by atoms with van der Waals surface area (Å²) in [6, 6.07) is 11.9. The van der Waals surface area contributed by atoms with Crippen molar-refractivity contribution in [1.29, 1.82) is 0 Å². The van der Waals surface area contributed by atoms with Crippen molar-refractivity contribution in [3.05, 3.63) is 59.2 Å². The highest BCUT2D eigenvalue weighted by Gasteiger charge is 2.23. The molecule has 1 N–H and O–H groups in total. The smallest absolute Gasteiger partial charge is 0.264 e. The Morgan fingerprint density at radius 2 is 1.73 bits per heavy atom. The summed E-state index contributed by atoms with van der Waals surface area (Å²) in [7, 11) is -2.18. The quantitative estimate of drug-likeness (QED) is 0.654. The highest BCUT2D eigenvalue weighted by Crippen LogP contribution is 2.26. The molecule has 0 radical (unpaired) electrons. The summed E-state index contributed by atoms with van der Waals surface area (Å²) >= 11 is 0. The van der Waals surface area contributed by atoms with Crippen molar-refractivity contribution in [2.75, 3.05) is 37.5 Å². The highest BCUT2D eigenvalue weighted by atomic mass is 32.2. The molecule has 7 heteroatoms. The van der Waals surface area contributed by atoms with Crippen molar-refractivity contribution in [2.45, 2.75) is 38.0 Å². The molecule has 0 aromatic heterocycles. The number of carbonyl (C=O) groups excluding carboxylic acids is 1. The average molecular weight is 430 g/mol. The zero-order chi connectivity index (χ0) is 21.7. The minimum Gasteiger partial charge on any atom is -0.352 e. The highest BCUT2D eigenvalue weighted by molar-refractivity contribution is 7.92. The summed E-state index contributed by atoms with van der Waals surface area (Å²) in [4.78, 5) is 15.2. The Balaban J connectivity index is 1.69. The van der Waals surface area contributed by atoms with E-state index in [0.717, 1.165) is 37.2 Å². The molecular formula is C23H31N3O3S. The van der Waals surface area contributed by atoms with E-state index in [4.69, 9.17) is 0 Å². The minimum atomic E-state index is -3.71. The van der Waals surface area contributed by atoms with Crippen LogP contribution in [0.1, 0.15) is 40.7 Å². The third-order valence-corrected chi connectivity index (χ3v) is 7.41. The van der Waals surface area contributed by atoms with Gasteiger partial charge in [0.15, 0.2) is 0 Å². The van der Waals surface area contributed by atoms with Gasteiger partial charge in [0.2, 0.25) is 0 Å². The van der Waals surface area contributed by atoms with E-state index in [9.17, 15) is 13.2 Å². The first-order valence-electron chi connectivity index (χ1n) is 10.5. The van der Waals surface area contributed by atoms with Crippen molar-refractivity contribution >= 4 is 21.6 Å². The van der Waals surface area contributed by atoms with Gasteiger partial charge in [-0.15, -0.1) is 0 Å². The molecule has 6 nitrogen and oxygen atoms in total. The lowest BCUT2D eigenvalue weighted by atomic mass is 10.1. The lowest BCUT2D eigenvalue weighted by Gasteiger charge is -2.22. The van der Waals surface area contributed by atoms with Crippen LogP contribution < -0.4 is 9.62 Å². The van der Waals surface area contributed by atoms with Crippen LogP contribution in [0, 0.1) is 13.8 Å². The first kappa shape index (κ1) is 22.3. The molecule has 3 rings (SSSR count). The number of carbonyl (C=O) groups is 1. The van der Waals surface area contributed by atoms with Crippen LogP contribution in [0.5, 0.6) is 0 Å². The van der Waals surface area contributed by atoms with Crippen molar-refractivity contribution < 1.29 is 13.2 Å². The van der Waals surface area contributed by atoms with Crippen LogP contribution in [-0.4, -0.2) is 52.5 Å². The summed E-state index contributed by atoms with van der Waals surface area (Å²) in [5, 5.41) is 2.95. The number of nitrogens with zero attached hydrogens (tertiary/aromatic N) is 2. The topological polar surface area (TPSA) is 69.7 Å². The maximum absolute atomic E-state index is 13.0. The monoisotopic (exact) mass is 429 g/mol. The fourth-order valence-electron chi connectivity index (χ4n) is 3.70. The van der Waals surface area contributed by atoms with Gasteiger partial charge in [0.25, 0.3) is 15.9 Å². The summed E-state index contributed by atoms with van der Waals surface area (Å²) < 4.78 is 27.3. The molecule has 2 aromatic carbocycles. The standard InChI is InChI=1S/C23H31N3O3S/c1-18-7-11-21(12-8-18)30(28,29)25(3)22-17-20(10-9-19(22)2)23(27)24-13-6-16-26-14-4-5-15-26/h7-12,17H,4-6,13-16H2,1-3H3,(H,24,27). The number of benzene rings is 2. The Hall–Kier alpha value is -2.38. The Labute approximate surface area is 179 Å². The second-order valence-corrected chi connectivity index (χ2v) is 9.91. The van der Waals surface area contributed by atoms with E-state index in [2.05, 4.69) is 10.2 Å². The third-order valence-electron chi connectivity index (χ3n) is 5.63. The number of nitrogens with one attached hydrogen (secondary N) is 1. The van der Waals surface area contributed by atoms with Crippen molar-refractivity contribution in [2.24, 2.45) is 0 Å². The number of rotatable bonds is 8. The zero-order valence-electron chi connectivity index (χ0n) is 18.0. The van der Waals surface area contributed by atoms with E-state index >= 15 is 0 Å². The van der Waals surface area contributed by atoms with Gasteiger partial charge in [0, 0.05) is 19.2 Å². The lowest BCUT2D eigenvalue weighted by Crippen LogP contribution is -2.30. The summed E-state index contributed by atoms with van der Waals surface area (Å²) in [5.74, 6) is -0.182. The van der Waals surface area contributed by atoms with Crippen LogP contribution >= 0.6 is 0 Å². The molecule has 0 atom stereocenters. The SMILES string of the molecule is Cc1ccc(S(=O)(=O)N(C)c2cc(C(=O)NCCCN3CCCC3)ccc2C)cc1. The van der Waals surface area contributed by atoms with Crippen LogP contribution in [0.25, 0.3) is 0 Å². The van der Waals surface area contributed by atoms with E-state index in [1.165, 1.54) is 24.2 Å². The lowest BCUT2D eigenvalue weighted by molar-refractivity contribution is 0.0952. The number of amides is 1. The van der Waals surface area contributed by atoms with Gasteiger partial charge in [-0.05, 0) is 82.6 Å². The Kier molecular flexibility index (Phi) is 7.15. The molecule has 162 valence electrons. The molecule has 30 heavy (non-hydrogen) atoms. The average Bonchev–Trinajstić information content (AvgIpc) is 3.25. The zero-order valence-corrected chi connectivity index (χ0v) is 18.8. The number of aryl methyl sites for hydroxylation is 2. The molecule has 1 saturated heterocycles. The Bertz CT molecular complexity index is 981. The van der Waals surface area contributed by atoms with Crippen molar-refractivity contribution in [3.63, 3.8) is 0 Å². The Morgan fingerprint density at radius 1 is 1.07 bits per heavy atom. The summed E-state index contributed by atoms with van der Waals surface area (Å²) in [5.41, 5.74) is 2.75. The molecule has 2 aromatic rings. The molecule has 0 bridgehead atoms. The van der Waals surface area contributed by atoms with Gasteiger partial charge in [-0.1, -0.05) is 23.8 Å². The van der Waals surface area contributed by atoms with E-state index in [-0.39, 0.29) is 10.8 Å². The molecule has 1 heterocycles. The molecular weight excluding hydrogens is 398 g/mol. The molecule has 0 saturated carbocycles. The summed E-state index contributed by atoms with van der Waals surface area (Å²) in [6.45, 7) is 7.66. The number of likely N-dealkylation sites (tertiary alicyclic amines) is 1. The van der Waals surface area contributed by atoms with Gasteiger partial charge in [-0.3, -0.25) is 9.10 Å². The maximum Gasteiger partial charge on any atom is 0.264 e. The maximum atomic E-state index is 13.0. The van der Waals surface area contributed by atoms with E-state index < -0.39 is 10.0 Å². The Morgan fingerprint density at radius 3 is 2.40 bits per heavy atom. The second kappa shape index (κ2) is 9.62. The first-order valence-corrected chi connectivity index (χ1v) is 11.9. The fourth-order valence-corrected chi connectivity index (χ4v) is 4.95. The van der Waals surface area contributed by atoms with E-state index in [1.54, 1.807) is 42.5 Å². The molecule has 0 spiro atoms. The van der Waals surface area contributed by atoms with Gasteiger partial charge in [0.05, 0.1) is 10.6 Å².